The second kappa shape index (κ2) is 9.26. The van der Waals surface area contributed by atoms with Gasteiger partial charge in [-0.05, 0) is 25.5 Å². The zero-order chi connectivity index (χ0) is 23.7. The normalized spacial score (nSPS) is 14.6. The Morgan fingerprint density at radius 1 is 1.12 bits per heavy atom. The van der Waals surface area contributed by atoms with Crippen LogP contribution in [0.5, 0.6) is 0 Å². The fourth-order valence-electron chi connectivity index (χ4n) is 4.07. The first-order valence-electron chi connectivity index (χ1n) is 11.2. The first-order valence-corrected chi connectivity index (χ1v) is 12.0. The number of benzene rings is 1. The second-order valence-electron chi connectivity index (χ2n) is 8.50. The molecule has 0 aliphatic carbocycles. The predicted octanol–water partition coefficient (Wildman–Crippen LogP) is 4.31. The Balaban J connectivity index is 1.32. The number of carbonyl (C=O) groups is 2. The molecule has 4 heterocycles. The molecule has 0 saturated carbocycles. The molecule has 34 heavy (non-hydrogen) atoms. The first-order chi connectivity index (χ1) is 16.5. The first kappa shape index (κ1) is 22.1. The maximum atomic E-state index is 13.4. The van der Waals surface area contributed by atoms with Gasteiger partial charge in [0.15, 0.2) is 17.1 Å². The van der Waals surface area contributed by atoms with E-state index in [9.17, 15) is 9.59 Å². The Bertz CT molecular complexity index is 1340. The highest BCUT2D eigenvalue weighted by molar-refractivity contribution is 7.18. The Kier molecular flexibility index (Phi) is 6.02. The molecule has 5 rings (SSSR count). The smallest absolute Gasteiger partial charge is 0.274 e. The number of fused-ring (bicyclic) bond motifs is 1. The van der Waals surface area contributed by atoms with E-state index in [1.807, 2.05) is 56.3 Å². The number of nitrogens with zero attached hydrogens (tertiary/aromatic N) is 5. The molecular formula is C25H24N6O2S. The third-order valence-electron chi connectivity index (χ3n) is 5.91. The van der Waals surface area contributed by atoms with Gasteiger partial charge in [0.05, 0.1) is 11.0 Å². The van der Waals surface area contributed by atoms with E-state index in [4.69, 9.17) is 0 Å². The zero-order valence-corrected chi connectivity index (χ0v) is 19.7. The number of nitrogens with one attached hydrogen (secondary N) is 1. The fourth-order valence-corrected chi connectivity index (χ4v) is 4.91. The molecule has 1 aliphatic rings. The molecule has 1 aliphatic heterocycles. The van der Waals surface area contributed by atoms with Crippen LogP contribution in [0.2, 0.25) is 0 Å². The predicted molar refractivity (Wildman–Crippen MR) is 131 cm³/mol. The van der Waals surface area contributed by atoms with Crippen LogP contribution in [-0.4, -0.2) is 49.6 Å². The molecule has 1 amide bonds. The number of hydrogen-bond donors (Lipinski definition) is 1. The summed E-state index contributed by atoms with van der Waals surface area (Å²) in [7, 11) is 0. The summed E-state index contributed by atoms with van der Waals surface area (Å²) in [6.07, 6.45) is 3.94. The van der Waals surface area contributed by atoms with Crippen LogP contribution in [0.15, 0.2) is 54.9 Å². The molecule has 0 bridgehead atoms. The summed E-state index contributed by atoms with van der Waals surface area (Å²) >= 11 is 1.42. The van der Waals surface area contributed by atoms with Crippen molar-refractivity contribution in [2.75, 3.05) is 18.4 Å². The van der Waals surface area contributed by atoms with Crippen LogP contribution >= 0.6 is 11.3 Å². The van der Waals surface area contributed by atoms with E-state index in [1.54, 1.807) is 17.3 Å². The average molecular weight is 473 g/mol. The maximum Gasteiger partial charge on any atom is 0.274 e. The lowest BCUT2D eigenvalue weighted by atomic mass is 9.91. The van der Waals surface area contributed by atoms with Crippen LogP contribution in [0.3, 0.4) is 0 Å². The number of hydrogen-bond acceptors (Lipinski definition) is 8. The number of pyridine rings is 1. The van der Waals surface area contributed by atoms with Gasteiger partial charge < -0.3 is 10.2 Å². The molecule has 9 heteroatoms. The Hall–Kier alpha value is -3.72. The molecule has 1 saturated heterocycles. The van der Waals surface area contributed by atoms with Crippen molar-refractivity contribution in [1.82, 2.24) is 24.8 Å². The third-order valence-corrected chi connectivity index (χ3v) is 6.87. The van der Waals surface area contributed by atoms with E-state index in [0.717, 1.165) is 10.6 Å². The van der Waals surface area contributed by atoms with Crippen molar-refractivity contribution in [1.29, 1.82) is 0 Å². The van der Waals surface area contributed by atoms with Crippen molar-refractivity contribution in [3.63, 3.8) is 0 Å². The van der Waals surface area contributed by atoms with E-state index in [0.29, 0.717) is 47.1 Å². The molecule has 1 aromatic carbocycles. The molecule has 4 aromatic rings. The lowest BCUT2D eigenvalue weighted by Crippen LogP contribution is -2.50. The molecule has 8 nitrogen and oxygen atoms in total. The molecule has 1 N–H and O–H groups in total. The number of carbonyl (C=O) groups excluding carboxylic acids is 2. The van der Waals surface area contributed by atoms with Gasteiger partial charge in [-0.1, -0.05) is 36.4 Å². The van der Waals surface area contributed by atoms with Gasteiger partial charge in [0.25, 0.3) is 5.91 Å². The van der Waals surface area contributed by atoms with Crippen LogP contribution in [0.25, 0.3) is 10.3 Å². The van der Waals surface area contributed by atoms with Crippen molar-refractivity contribution in [3.8, 4) is 0 Å². The molecule has 0 spiro atoms. The van der Waals surface area contributed by atoms with E-state index in [2.05, 4.69) is 25.3 Å². The minimum absolute atomic E-state index is 0.0915. The standard InChI is InChI=1S/C25H24N6O2S/c1-15(19-9-6-10-26-12-19)27-25-29-21(22-23(30-25)28-16(2)34-22)24(33)31-13-17(14-31)11-20(32)18-7-4-3-5-8-18/h3-10,12,15,17H,11,13-14H2,1-2H3,(H,27,29,30)/t15-/m0/s1. The highest BCUT2D eigenvalue weighted by atomic mass is 32.1. The van der Waals surface area contributed by atoms with E-state index in [-0.39, 0.29) is 23.7 Å². The van der Waals surface area contributed by atoms with Crippen LogP contribution in [0.4, 0.5) is 5.95 Å². The number of likely N-dealkylation sites (tertiary alicyclic amines) is 1. The lowest BCUT2D eigenvalue weighted by Gasteiger charge is -2.38. The van der Waals surface area contributed by atoms with Gasteiger partial charge in [-0.3, -0.25) is 14.6 Å². The number of anilines is 1. The van der Waals surface area contributed by atoms with Crippen LogP contribution < -0.4 is 5.32 Å². The molecule has 3 aromatic heterocycles. The largest absolute Gasteiger partial charge is 0.348 e. The Morgan fingerprint density at radius 3 is 2.65 bits per heavy atom. The fraction of sp³-hybridized carbons (Fsp3) is 0.280. The summed E-state index contributed by atoms with van der Waals surface area (Å²) < 4.78 is 0.686. The van der Waals surface area contributed by atoms with Gasteiger partial charge in [-0.2, -0.15) is 4.98 Å². The number of aryl methyl sites for hydroxylation is 1. The van der Waals surface area contributed by atoms with Gasteiger partial charge in [0, 0.05) is 43.4 Å². The number of amides is 1. The Labute approximate surface area is 201 Å². The summed E-state index contributed by atoms with van der Waals surface area (Å²) in [5.74, 6) is 0.460. The van der Waals surface area contributed by atoms with Gasteiger partial charge >= 0.3 is 0 Å². The average Bonchev–Trinajstić information content (AvgIpc) is 3.21. The van der Waals surface area contributed by atoms with Crippen molar-refractivity contribution < 1.29 is 9.59 Å². The maximum absolute atomic E-state index is 13.4. The lowest BCUT2D eigenvalue weighted by molar-refractivity contribution is 0.0466. The van der Waals surface area contributed by atoms with Gasteiger partial charge in [0.1, 0.15) is 4.70 Å². The van der Waals surface area contributed by atoms with E-state index >= 15 is 0 Å². The quantitative estimate of drug-likeness (QED) is 0.400. The molecule has 0 unspecified atom stereocenters. The molecule has 0 radical (unpaired) electrons. The summed E-state index contributed by atoms with van der Waals surface area (Å²) in [6.45, 7) is 4.95. The highest BCUT2D eigenvalue weighted by Gasteiger charge is 2.35. The number of thiazole rings is 1. The molecule has 1 atom stereocenters. The number of Topliss-reactive ketones (excluding diaryl/α,β-unsaturated/α-hetero) is 1. The van der Waals surface area contributed by atoms with Crippen molar-refractivity contribution in [2.45, 2.75) is 26.3 Å². The summed E-state index contributed by atoms with van der Waals surface area (Å²) in [5.41, 5.74) is 2.56. The van der Waals surface area contributed by atoms with Crippen LogP contribution in [0, 0.1) is 12.8 Å². The topological polar surface area (TPSA) is 101 Å². The highest BCUT2D eigenvalue weighted by Crippen LogP contribution is 2.29. The van der Waals surface area contributed by atoms with Gasteiger partial charge in [-0.15, -0.1) is 11.3 Å². The third kappa shape index (κ3) is 4.51. The van der Waals surface area contributed by atoms with Crippen molar-refractivity contribution in [2.24, 2.45) is 5.92 Å². The molecule has 172 valence electrons. The molecular weight excluding hydrogens is 448 g/mol. The minimum Gasteiger partial charge on any atom is -0.348 e. The van der Waals surface area contributed by atoms with Crippen LogP contribution in [0.1, 0.15) is 50.8 Å². The van der Waals surface area contributed by atoms with E-state index in [1.165, 1.54) is 11.3 Å². The monoisotopic (exact) mass is 472 g/mol. The molecule has 1 fully saturated rings. The second-order valence-corrected chi connectivity index (χ2v) is 9.71. The Morgan fingerprint density at radius 2 is 1.91 bits per heavy atom. The zero-order valence-electron chi connectivity index (χ0n) is 18.9. The van der Waals surface area contributed by atoms with Gasteiger partial charge in [-0.25, -0.2) is 9.97 Å². The SMILES string of the molecule is Cc1nc2nc(N[C@@H](C)c3cccnc3)nc(C(=O)N3CC(CC(=O)c4ccccc4)C3)c2s1. The van der Waals surface area contributed by atoms with Crippen molar-refractivity contribution >= 4 is 39.3 Å². The number of rotatable bonds is 7. The summed E-state index contributed by atoms with van der Waals surface area (Å²) in [4.78, 5) is 45.4. The summed E-state index contributed by atoms with van der Waals surface area (Å²) in [5, 5.41) is 4.09. The summed E-state index contributed by atoms with van der Waals surface area (Å²) in [6, 6.07) is 13.0. The van der Waals surface area contributed by atoms with E-state index < -0.39 is 0 Å². The van der Waals surface area contributed by atoms with Crippen molar-refractivity contribution in [3.05, 3.63) is 76.7 Å². The van der Waals surface area contributed by atoms with Gasteiger partial charge in [0.2, 0.25) is 5.95 Å². The van der Waals surface area contributed by atoms with Crippen LogP contribution in [-0.2, 0) is 0 Å². The minimum atomic E-state index is -0.156. The number of ketones is 1. The number of aromatic nitrogens is 4.